The highest BCUT2D eigenvalue weighted by atomic mass is 16.5. The number of rotatable bonds is 2. The van der Waals surface area contributed by atoms with E-state index >= 15 is 0 Å². The van der Waals surface area contributed by atoms with E-state index in [0.29, 0.717) is 5.92 Å². The summed E-state index contributed by atoms with van der Waals surface area (Å²) in [7, 11) is 2.01. The molecule has 1 unspecified atom stereocenters. The fraction of sp³-hybridized carbons (Fsp3) is 0.538. The maximum absolute atomic E-state index is 5.97. The van der Waals surface area contributed by atoms with E-state index in [0.717, 1.165) is 18.7 Å². The Morgan fingerprint density at radius 1 is 1.40 bits per heavy atom. The van der Waals surface area contributed by atoms with Crippen molar-refractivity contribution in [1.82, 2.24) is 5.32 Å². The number of benzene rings is 1. The lowest BCUT2D eigenvalue weighted by Crippen LogP contribution is -2.37. The molecular formula is C13H19NO. The largest absolute Gasteiger partial charge is 0.488 e. The Morgan fingerprint density at radius 2 is 2.13 bits per heavy atom. The molecule has 0 saturated heterocycles. The Balaban J connectivity index is 2.34. The van der Waals surface area contributed by atoms with Crippen molar-refractivity contribution in [3.63, 3.8) is 0 Å². The standard InChI is InChI=1S/C13H19NO/c1-13(2)8-10(9-14-3)11-6-4-5-7-12(11)15-13/h4-7,10,14H,8-9H2,1-3H3. The van der Waals surface area contributed by atoms with Gasteiger partial charge in [0.15, 0.2) is 0 Å². The van der Waals surface area contributed by atoms with E-state index in [1.807, 2.05) is 13.1 Å². The van der Waals surface area contributed by atoms with Crippen LogP contribution in [0.3, 0.4) is 0 Å². The number of hydrogen-bond acceptors (Lipinski definition) is 2. The summed E-state index contributed by atoms with van der Waals surface area (Å²) in [5.74, 6) is 1.61. The fourth-order valence-corrected chi connectivity index (χ4v) is 2.38. The molecule has 1 N–H and O–H groups in total. The molecule has 1 aromatic rings. The van der Waals surface area contributed by atoms with Crippen molar-refractivity contribution in [3.8, 4) is 5.75 Å². The number of hydrogen-bond donors (Lipinski definition) is 1. The SMILES string of the molecule is CNCC1CC(C)(C)Oc2ccccc21. The summed E-state index contributed by atoms with van der Waals surface area (Å²) >= 11 is 0. The van der Waals surface area contributed by atoms with Crippen molar-refractivity contribution in [2.75, 3.05) is 13.6 Å². The molecule has 1 heterocycles. The first-order valence-corrected chi connectivity index (χ1v) is 5.55. The molecule has 0 radical (unpaired) electrons. The molecule has 0 amide bonds. The Hall–Kier alpha value is -1.02. The highest BCUT2D eigenvalue weighted by molar-refractivity contribution is 5.39. The predicted molar refractivity (Wildman–Crippen MR) is 62.4 cm³/mol. The van der Waals surface area contributed by atoms with Crippen LogP contribution in [0, 0.1) is 0 Å². The zero-order chi connectivity index (χ0) is 10.9. The third-order valence-electron chi connectivity index (χ3n) is 2.93. The first-order valence-electron chi connectivity index (χ1n) is 5.55. The summed E-state index contributed by atoms with van der Waals surface area (Å²) in [6.07, 6.45) is 1.07. The van der Waals surface area contributed by atoms with Crippen molar-refractivity contribution >= 4 is 0 Å². The van der Waals surface area contributed by atoms with Gasteiger partial charge in [-0.15, -0.1) is 0 Å². The van der Waals surface area contributed by atoms with Crippen LogP contribution in [0.2, 0.25) is 0 Å². The Bertz CT molecular complexity index is 346. The maximum atomic E-state index is 5.97. The number of fused-ring (bicyclic) bond motifs is 1. The van der Waals surface area contributed by atoms with Gasteiger partial charge in [0.2, 0.25) is 0 Å². The molecule has 0 fully saturated rings. The quantitative estimate of drug-likeness (QED) is 0.801. The molecule has 0 spiro atoms. The molecule has 82 valence electrons. The highest BCUT2D eigenvalue weighted by Crippen LogP contribution is 2.40. The molecular weight excluding hydrogens is 186 g/mol. The van der Waals surface area contributed by atoms with Crippen LogP contribution in [0.5, 0.6) is 5.75 Å². The van der Waals surface area contributed by atoms with Gasteiger partial charge in [-0.2, -0.15) is 0 Å². The second-order valence-corrected chi connectivity index (χ2v) is 4.86. The molecule has 2 heteroatoms. The molecule has 1 aliphatic rings. The zero-order valence-corrected chi connectivity index (χ0v) is 9.71. The van der Waals surface area contributed by atoms with Crippen molar-refractivity contribution in [3.05, 3.63) is 29.8 Å². The van der Waals surface area contributed by atoms with Gasteiger partial charge in [0.25, 0.3) is 0 Å². The topological polar surface area (TPSA) is 21.3 Å². The predicted octanol–water partition coefficient (Wildman–Crippen LogP) is 2.55. The minimum absolute atomic E-state index is 0.0458. The van der Waals surface area contributed by atoms with Crippen molar-refractivity contribution < 1.29 is 4.74 Å². The average molecular weight is 205 g/mol. The van der Waals surface area contributed by atoms with Crippen LogP contribution in [0.15, 0.2) is 24.3 Å². The molecule has 2 nitrogen and oxygen atoms in total. The van der Waals surface area contributed by atoms with E-state index in [-0.39, 0.29) is 5.60 Å². The van der Waals surface area contributed by atoms with Gasteiger partial charge in [0.1, 0.15) is 11.4 Å². The lowest BCUT2D eigenvalue weighted by atomic mass is 9.84. The third-order valence-corrected chi connectivity index (χ3v) is 2.93. The Morgan fingerprint density at radius 3 is 2.87 bits per heavy atom. The van der Waals surface area contributed by atoms with E-state index in [2.05, 4.69) is 37.4 Å². The summed E-state index contributed by atoms with van der Waals surface area (Å²) in [6.45, 7) is 5.33. The molecule has 2 rings (SSSR count). The summed E-state index contributed by atoms with van der Waals surface area (Å²) in [5, 5.41) is 3.26. The molecule has 0 aromatic heterocycles. The first kappa shape index (κ1) is 10.5. The van der Waals surface area contributed by atoms with Crippen LogP contribution in [0.4, 0.5) is 0 Å². The van der Waals surface area contributed by atoms with Crippen LogP contribution in [-0.4, -0.2) is 19.2 Å². The lowest BCUT2D eigenvalue weighted by molar-refractivity contribution is 0.0721. The highest BCUT2D eigenvalue weighted by Gasteiger charge is 2.32. The van der Waals surface area contributed by atoms with E-state index in [1.54, 1.807) is 0 Å². The number of likely N-dealkylation sites (N-methyl/N-ethyl adjacent to an activating group) is 1. The summed E-state index contributed by atoms with van der Waals surface area (Å²) in [5.41, 5.74) is 1.29. The van der Waals surface area contributed by atoms with Gasteiger partial charge in [-0.1, -0.05) is 18.2 Å². The summed E-state index contributed by atoms with van der Waals surface area (Å²) < 4.78 is 5.97. The van der Waals surface area contributed by atoms with Crippen molar-refractivity contribution in [2.45, 2.75) is 31.8 Å². The van der Waals surface area contributed by atoms with E-state index in [4.69, 9.17) is 4.74 Å². The molecule has 0 saturated carbocycles. The second kappa shape index (κ2) is 3.86. The average Bonchev–Trinajstić information content (AvgIpc) is 2.16. The van der Waals surface area contributed by atoms with Gasteiger partial charge >= 0.3 is 0 Å². The summed E-state index contributed by atoms with van der Waals surface area (Å²) in [4.78, 5) is 0. The van der Waals surface area contributed by atoms with Gasteiger partial charge in [-0.05, 0) is 38.9 Å². The van der Waals surface area contributed by atoms with Crippen LogP contribution >= 0.6 is 0 Å². The normalized spacial score (nSPS) is 23.0. The Kier molecular flexibility index (Phi) is 2.70. The van der Waals surface area contributed by atoms with Gasteiger partial charge < -0.3 is 10.1 Å². The van der Waals surface area contributed by atoms with E-state index in [1.165, 1.54) is 5.56 Å². The minimum atomic E-state index is -0.0458. The number of nitrogens with one attached hydrogen (secondary N) is 1. The smallest absolute Gasteiger partial charge is 0.123 e. The summed E-state index contributed by atoms with van der Waals surface area (Å²) in [6, 6.07) is 8.37. The van der Waals surface area contributed by atoms with Crippen LogP contribution in [-0.2, 0) is 0 Å². The number of para-hydroxylation sites is 1. The monoisotopic (exact) mass is 205 g/mol. The second-order valence-electron chi connectivity index (χ2n) is 4.86. The van der Waals surface area contributed by atoms with Gasteiger partial charge in [-0.3, -0.25) is 0 Å². The van der Waals surface area contributed by atoms with Crippen molar-refractivity contribution in [1.29, 1.82) is 0 Å². The first-order chi connectivity index (χ1) is 7.12. The van der Waals surface area contributed by atoms with E-state index in [9.17, 15) is 0 Å². The van der Waals surface area contributed by atoms with Crippen LogP contribution in [0.25, 0.3) is 0 Å². The minimum Gasteiger partial charge on any atom is -0.488 e. The number of ether oxygens (including phenoxy) is 1. The zero-order valence-electron chi connectivity index (χ0n) is 9.71. The Labute approximate surface area is 91.6 Å². The van der Waals surface area contributed by atoms with Crippen LogP contribution < -0.4 is 10.1 Å². The molecule has 1 aromatic carbocycles. The molecule has 1 aliphatic heterocycles. The van der Waals surface area contributed by atoms with Gasteiger partial charge in [0.05, 0.1) is 0 Å². The molecule has 0 aliphatic carbocycles. The maximum Gasteiger partial charge on any atom is 0.123 e. The molecule has 1 atom stereocenters. The van der Waals surface area contributed by atoms with Gasteiger partial charge in [-0.25, -0.2) is 0 Å². The lowest BCUT2D eigenvalue weighted by Gasteiger charge is -2.37. The molecule has 15 heavy (non-hydrogen) atoms. The molecule has 0 bridgehead atoms. The van der Waals surface area contributed by atoms with E-state index < -0.39 is 0 Å². The third kappa shape index (κ3) is 2.15. The van der Waals surface area contributed by atoms with Gasteiger partial charge in [0, 0.05) is 12.5 Å². The van der Waals surface area contributed by atoms with Crippen molar-refractivity contribution in [2.24, 2.45) is 0 Å². The fourth-order valence-electron chi connectivity index (χ4n) is 2.38. The van der Waals surface area contributed by atoms with Crippen LogP contribution in [0.1, 0.15) is 31.7 Å².